The predicted molar refractivity (Wildman–Crippen MR) is 66.4 cm³/mol. The van der Waals surface area contributed by atoms with Crippen LogP contribution in [0.2, 0.25) is 0 Å². The van der Waals surface area contributed by atoms with Gasteiger partial charge in [0.2, 0.25) is 0 Å². The third-order valence-corrected chi connectivity index (χ3v) is 5.00. The largest absolute Gasteiger partial charge is 0.334 e. The molecule has 1 fully saturated rings. The minimum absolute atomic E-state index is 0.0916. The van der Waals surface area contributed by atoms with Crippen LogP contribution in [0.3, 0.4) is 0 Å². The zero-order chi connectivity index (χ0) is 12.3. The van der Waals surface area contributed by atoms with Gasteiger partial charge in [0.05, 0.1) is 23.5 Å². The van der Waals surface area contributed by atoms with Gasteiger partial charge < -0.3 is 9.88 Å². The summed E-state index contributed by atoms with van der Waals surface area (Å²) in [5, 5.41) is 3.31. The van der Waals surface area contributed by atoms with Crippen molar-refractivity contribution in [3.63, 3.8) is 0 Å². The van der Waals surface area contributed by atoms with Gasteiger partial charge in [-0.3, -0.25) is 0 Å². The lowest BCUT2D eigenvalue weighted by Crippen LogP contribution is -2.40. The normalized spacial score (nSPS) is 23.7. The third-order valence-electron chi connectivity index (χ3n) is 3.17. The first kappa shape index (κ1) is 12.6. The first-order chi connectivity index (χ1) is 8.11. The Bertz CT molecular complexity index is 467. The molecule has 1 aliphatic heterocycles. The molecule has 1 aromatic rings. The maximum absolute atomic E-state index is 11.5. The molecule has 0 spiro atoms. The predicted octanol–water partition coefficient (Wildman–Crippen LogP) is 0.570. The fraction of sp³-hybridized carbons (Fsp3) is 0.727. The van der Waals surface area contributed by atoms with Crippen LogP contribution in [-0.4, -0.2) is 35.5 Å². The van der Waals surface area contributed by atoms with Crippen LogP contribution >= 0.6 is 0 Å². The molecule has 1 N–H and O–H groups in total. The number of nitrogens with zero attached hydrogens (tertiary/aromatic N) is 2. The van der Waals surface area contributed by atoms with E-state index in [4.69, 9.17) is 0 Å². The van der Waals surface area contributed by atoms with Crippen molar-refractivity contribution in [2.45, 2.75) is 38.9 Å². The van der Waals surface area contributed by atoms with Crippen LogP contribution in [0, 0.1) is 0 Å². The van der Waals surface area contributed by atoms with Crippen molar-refractivity contribution in [1.29, 1.82) is 0 Å². The monoisotopic (exact) mass is 257 g/mol. The maximum atomic E-state index is 11.5. The number of rotatable bonds is 4. The molecule has 6 heteroatoms. The lowest BCUT2D eigenvalue weighted by Gasteiger charge is -2.23. The highest BCUT2D eigenvalue weighted by Crippen LogP contribution is 2.12. The summed E-state index contributed by atoms with van der Waals surface area (Å²) in [6.45, 7) is 3.64. The molecule has 1 aliphatic rings. The Kier molecular flexibility index (Phi) is 3.83. The Hall–Kier alpha value is -0.880. The van der Waals surface area contributed by atoms with Crippen molar-refractivity contribution in [3.8, 4) is 0 Å². The molecule has 1 atom stereocenters. The van der Waals surface area contributed by atoms with Crippen molar-refractivity contribution in [1.82, 2.24) is 14.9 Å². The molecule has 0 aromatic carbocycles. The van der Waals surface area contributed by atoms with E-state index in [9.17, 15) is 8.42 Å². The molecule has 96 valence electrons. The molecule has 0 aliphatic carbocycles. The van der Waals surface area contributed by atoms with Gasteiger partial charge in [-0.25, -0.2) is 13.4 Å². The van der Waals surface area contributed by atoms with E-state index >= 15 is 0 Å². The van der Waals surface area contributed by atoms with Crippen LogP contribution < -0.4 is 5.32 Å². The number of nitrogens with one attached hydrogen (secondary N) is 1. The molecule has 0 bridgehead atoms. The molecule has 1 unspecified atom stereocenters. The molecule has 0 saturated carbocycles. The fourth-order valence-corrected chi connectivity index (χ4v) is 3.88. The van der Waals surface area contributed by atoms with E-state index in [1.54, 1.807) is 6.33 Å². The van der Waals surface area contributed by atoms with E-state index in [1.807, 2.05) is 6.20 Å². The van der Waals surface area contributed by atoms with Gasteiger partial charge in [-0.05, 0) is 19.8 Å². The molecule has 17 heavy (non-hydrogen) atoms. The van der Waals surface area contributed by atoms with E-state index in [1.165, 1.54) is 0 Å². The van der Waals surface area contributed by atoms with E-state index in [2.05, 4.69) is 21.8 Å². The lowest BCUT2D eigenvalue weighted by molar-refractivity contribution is 0.472. The zero-order valence-corrected chi connectivity index (χ0v) is 10.9. The van der Waals surface area contributed by atoms with Gasteiger partial charge in [-0.1, -0.05) is 0 Å². The van der Waals surface area contributed by atoms with Crippen LogP contribution in [-0.2, 0) is 22.9 Å². The molecule has 0 amide bonds. The van der Waals surface area contributed by atoms with Gasteiger partial charge in [-0.2, -0.15) is 0 Å². The Balaban J connectivity index is 1.90. The van der Waals surface area contributed by atoms with Crippen molar-refractivity contribution in [2.24, 2.45) is 0 Å². The Morgan fingerprint density at radius 3 is 3.12 bits per heavy atom. The minimum atomic E-state index is -2.82. The Morgan fingerprint density at radius 2 is 2.41 bits per heavy atom. The second-order valence-electron chi connectivity index (χ2n) is 4.51. The Morgan fingerprint density at radius 1 is 1.59 bits per heavy atom. The molecular weight excluding hydrogens is 238 g/mol. The summed E-state index contributed by atoms with van der Waals surface area (Å²) in [5.74, 6) is 0.616. The van der Waals surface area contributed by atoms with Gasteiger partial charge in [0.25, 0.3) is 0 Å². The van der Waals surface area contributed by atoms with Gasteiger partial charge in [0.1, 0.15) is 0 Å². The van der Waals surface area contributed by atoms with E-state index in [0.717, 1.165) is 25.1 Å². The highest BCUT2D eigenvalue weighted by atomic mass is 32.2. The zero-order valence-electron chi connectivity index (χ0n) is 10.1. The second kappa shape index (κ2) is 5.18. The third kappa shape index (κ3) is 3.29. The average Bonchev–Trinajstić information content (AvgIpc) is 2.72. The van der Waals surface area contributed by atoms with Crippen molar-refractivity contribution < 1.29 is 8.42 Å². The summed E-state index contributed by atoms with van der Waals surface area (Å²) in [4.78, 5) is 4.09. The van der Waals surface area contributed by atoms with Crippen molar-refractivity contribution >= 4 is 9.84 Å². The van der Waals surface area contributed by atoms with Crippen molar-refractivity contribution in [3.05, 3.63) is 18.2 Å². The fourth-order valence-electron chi connectivity index (χ4n) is 2.21. The van der Waals surface area contributed by atoms with Crippen molar-refractivity contribution in [2.75, 3.05) is 11.5 Å². The van der Waals surface area contributed by atoms with Gasteiger partial charge in [0.15, 0.2) is 9.84 Å². The van der Waals surface area contributed by atoms with Gasteiger partial charge in [0, 0.05) is 25.3 Å². The SMILES string of the molecule is CCn1cncc1CNC1CCCS(=O)(=O)C1. The molecule has 2 heterocycles. The van der Waals surface area contributed by atoms with Crippen LogP contribution in [0.25, 0.3) is 0 Å². The molecule has 1 aromatic heterocycles. The van der Waals surface area contributed by atoms with E-state index in [0.29, 0.717) is 12.3 Å². The van der Waals surface area contributed by atoms with Gasteiger partial charge in [-0.15, -0.1) is 0 Å². The summed E-state index contributed by atoms with van der Waals surface area (Å²) in [7, 11) is -2.82. The second-order valence-corrected chi connectivity index (χ2v) is 6.73. The minimum Gasteiger partial charge on any atom is -0.334 e. The number of aryl methyl sites for hydroxylation is 1. The van der Waals surface area contributed by atoms with Crippen LogP contribution in [0.15, 0.2) is 12.5 Å². The summed E-state index contributed by atoms with van der Waals surface area (Å²) >= 11 is 0. The van der Waals surface area contributed by atoms with E-state index < -0.39 is 9.84 Å². The van der Waals surface area contributed by atoms with E-state index in [-0.39, 0.29) is 11.8 Å². The number of imidazole rings is 1. The molecular formula is C11H19N3O2S. The van der Waals surface area contributed by atoms with Gasteiger partial charge >= 0.3 is 0 Å². The summed E-state index contributed by atoms with van der Waals surface area (Å²) < 4.78 is 25.0. The highest BCUT2D eigenvalue weighted by molar-refractivity contribution is 7.91. The molecule has 1 saturated heterocycles. The summed E-state index contributed by atoms with van der Waals surface area (Å²) in [6, 6.07) is 0.0916. The average molecular weight is 257 g/mol. The number of aromatic nitrogens is 2. The standard InChI is InChI=1S/C11H19N3O2S/c1-2-14-9-12-6-11(14)7-13-10-4-3-5-17(15,16)8-10/h6,9-10,13H,2-5,7-8H2,1H3. The topological polar surface area (TPSA) is 64.0 Å². The first-order valence-corrected chi connectivity index (χ1v) is 7.85. The first-order valence-electron chi connectivity index (χ1n) is 6.03. The quantitative estimate of drug-likeness (QED) is 0.856. The summed E-state index contributed by atoms with van der Waals surface area (Å²) in [6.07, 6.45) is 5.34. The summed E-state index contributed by atoms with van der Waals surface area (Å²) in [5.41, 5.74) is 1.11. The molecule has 5 nitrogen and oxygen atoms in total. The number of hydrogen-bond donors (Lipinski definition) is 1. The maximum Gasteiger partial charge on any atom is 0.151 e. The smallest absolute Gasteiger partial charge is 0.151 e. The highest BCUT2D eigenvalue weighted by Gasteiger charge is 2.24. The number of hydrogen-bond acceptors (Lipinski definition) is 4. The number of sulfone groups is 1. The lowest BCUT2D eigenvalue weighted by atomic mass is 10.2. The van der Waals surface area contributed by atoms with Crippen LogP contribution in [0.5, 0.6) is 0 Å². The van der Waals surface area contributed by atoms with Crippen LogP contribution in [0.1, 0.15) is 25.5 Å². The Labute approximate surface area is 102 Å². The van der Waals surface area contributed by atoms with Crippen LogP contribution in [0.4, 0.5) is 0 Å². The molecule has 2 rings (SSSR count). The molecule has 0 radical (unpaired) electrons.